The van der Waals surface area contributed by atoms with Crippen LogP contribution in [0, 0.1) is 0 Å². The van der Waals surface area contributed by atoms with E-state index < -0.39 is 0 Å². The Bertz CT molecular complexity index is 1400. The van der Waals surface area contributed by atoms with Crippen LogP contribution in [0.1, 0.15) is 21.5 Å². The molecule has 0 unspecified atom stereocenters. The summed E-state index contributed by atoms with van der Waals surface area (Å²) in [5, 5.41) is 8.92. The molecule has 3 N–H and O–H groups in total. The lowest BCUT2D eigenvalue weighted by atomic mass is 9.98. The standard InChI is InChI=1S/C31H31N5O3/c37-30(36-17-15-32-16-18-36)25-8-3-7-24(19-25)29-9-2-1-6-26(29)22-39-28-12-10-27(11-13-28)35-31(38)34-21-23-5-4-14-33-20-23/h1-14,19-20,32H,15-18,21-22H2,(H2,34,35,38). The summed E-state index contributed by atoms with van der Waals surface area (Å²) in [6.07, 6.45) is 3.41. The molecule has 0 atom stereocenters. The van der Waals surface area contributed by atoms with E-state index in [0.29, 0.717) is 30.2 Å². The van der Waals surface area contributed by atoms with E-state index in [1.54, 1.807) is 24.5 Å². The number of hydrogen-bond acceptors (Lipinski definition) is 5. The molecule has 8 nitrogen and oxygen atoms in total. The smallest absolute Gasteiger partial charge is 0.319 e. The normalized spacial score (nSPS) is 13.0. The number of hydrogen-bond donors (Lipinski definition) is 3. The number of piperazine rings is 1. The Morgan fingerprint density at radius 1 is 0.923 bits per heavy atom. The van der Waals surface area contributed by atoms with Crippen LogP contribution < -0.4 is 20.7 Å². The van der Waals surface area contributed by atoms with Crippen molar-refractivity contribution in [2.24, 2.45) is 0 Å². The predicted octanol–water partition coefficient (Wildman–Crippen LogP) is 4.69. The topological polar surface area (TPSA) is 95.6 Å². The second-order valence-corrected chi connectivity index (χ2v) is 9.26. The van der Waals surface area contributed by atoms with Gasteiger partial charge in [-0.15, -0.1) is 0 Å². The second kappa shape index (κ2) is 12.7. The van der Waals surface area contributed by atoms with Gasteiger partial charge in [0, 0.05) is 56.4 Å². The predicted molar refractivity (Wildman–Crippen MR) is 152 cm³/mol. The first kappa shape index (κ1) is 25.9. The molecular weight excluding hydrogens is 490 g/mol. The van der Waals surface area contributed by atoms with Crippen LogP contribution in [-0.4, -0.2) is 48.0 Å². The number of aromatic nitrogens is 1. The molecule has 0 aliphatic carbocycles. The van der Waals surface area contributed by atoms with E-state index in [2.05, 4.69) is 20.9 Å². The molecule has 1 aliphatic heterocycles. The SMILES string of the molecule is O=C(NCc1cccnc1)Nc1ccc(OCc2ccccc2-c2cccc(C(=O)N3CCNCC3)c2)cc1. The van der Waals surface area contributed by atoms with Gasteiger partial charge >= 0.3 is 6.03 Å². The number of nitrogens with zero attached hydrogens (tertiary/aromatic N) is 2. The van der Waals surface area contributed by atoms with E-state index in [0.717, 1.165) is 48.4 Å². The van der Waals surface area contributed by atoms with Crippen LogP contribution in [0.4, 0.5) is 10.5 Å². The fourth-order valence-corrected chi connectivity index (χ4v) is 4.45. The van der Waals surface area contributed by atoms with Crippen molar-refractivity contribution in [3.05, 3.63) is 114 Å². The van der Waals surface area contributed by atoms with Crippen LogP contribution in [0.2, 0.25) is 0 Å². The number of urea groups is 1. The van der Waals surface area contributed by atoms with Gasteiger partial charge in [0.2, 0.25) is 0 Å². The average molecular weight is 522 g/mol. The van der Waals surface area contributed by atoms with Crippen molar-refractivity contribution < 1.29 is 14.3 Å². The summed E-state index contributed by atoms with van der Waals surface area (Å²) >= 11 is 0. The third-order valence-corrected chi connectivity index (χ3v) is 6.52. The zero-order chi connectivity index (χ0) is 26.9. The monoisotopic (exact) mass is 521 g/mol. The summed E-state index contributed by atoms with van der Waals surface area (Å²) in [5.41, 5.74) is 5.30. The maximum absolute atomic E-state index is 13.0. The minimum Gasteiger partial charge on any atom is -0.489 e. The Kier molecular flexibility index (Phi) is 8.45. The van der Waals surface area contributed by atoms with Crippen molar-refractivity contribution in [3.8, 4) is 16.9 Å². The van der Waals surface area contributed by atoms with Gasteiger partial charge in [0.1, 0.15) is 12.4 Å². The van der Waals surface area contributed by atoms with E-state index >= 15 is 0 Å². The number of ether oxygens (including phenoxy) is 1. The van der Waals surface area contributed by atoms with E-state index in [1.807, 2.05) is 77.7 Å². The summed E-state index contributed by atoms with van der Waals surface area (Å²) in [6, 6.07) is 26.5. The molecule has 1 saturated heterocycles. The van der Waals surface area contributed by atoms with Crippen molar-refractivity contribution >= 4 is 17.6 Å². The van der Waals surface area contributed by atoms with Crippen LogP contribution in [0.5, 0.6) is 5.75 Å². The molecular formula is C31H31N5O3. The summed E-state index contributed by atoms with van der Waals surface area (Å²) in [4.78, 5) is 31.2. The minimum absolute atomic E-state index is 0.0616. The fourth-order valence-electron chi connectivity index (χ4n) is 4.45. The third-order valence-electron chi connectivity index (χ3n) is 6.52. The number of anilines is 1. The zero-order valence-corrected chi connectivity index (χ0v) is 21.6. The van der Waals surface area contributed by atoms with Crippen molar-refractivity contribution in [2.45, 2.75) is 13.2 Å². The first-order valence-corrected chi connectivity index (χ1v) is 13.0. The summed E-state index contributed by atoms with van der Waals surface area (Å²) in [5.74, 6) is 0.750. The maximum atomic E-state index is 13.0. The minimum atomic E-state index is -0.292. The number of amides is 3. The lowest BCUT2D eigenvalue weighted by molar-refractivity contribution is 0.0736. The molecule has 0 spiro atoms. The molecule has 1 aromatic heterocycles. The first-order chi connectivity index (χ1) is 19.2. The average Bonchev–Trinajstić information content (AvgIpc) is 3.00. The molecule has 0 radical (unpaired) electrons. The van der Waals surface area contributed by atoms with Crippen LogP contribution in [0.25, 0.3) is 11.1 Å². The Balaban J connectivity index is 1.19. The molecule has 0 bridgehead atoms. The zero-order valence-electron chi connectivity index (χ0n) is 21.6. The van der Waals surface area contributed by atoms with Crippen LogP contribution in [0.15, 0.2) is 97.3 Å². The highest BCUT2D eigenvalue weighted by Gasteiger charge is 2.18. The third kappa shape index (κ3) is 7.00. The Morgan fingerprint density at radius 3 is 2.54 bits per heavy atom. The molecule has 8 heteroatoms. The maximum Gasteiger partial charge on any atom is 0.319 e. The highest BCUT2D eigenvalue weighted by molar-refractivity contribution is 5.95. The lowest BCUT2D eigenvalue weighted by Crippen LogP contribution is -2.46. The highest BCUT2D eigenvalue weighted by atomic mass is 16.5. The lowest BCUT2D eigenvalue weighted by Gasteiger charge is -2.27. The molecule has 39 heavy (non-hydrogen) atoms. The number of pyridine rings is 1. The van der Waals surface area contributed by atoms with E-state index in [-0.39, 0.29) is 11.9 Å². The Morgan fingerprint density at radius 2 is 1.74 bits per heavy atom. The van der Waals surface area contributed by atoms with Crippen LogP contribution >= 0.6 is 0 Å². The number of rotatable bonds is 8. The van der Waals surface area contributed by atoms with Gasteiger partial charge < -0.3 is 25.6 Å². The fraction of sp³-hybridized carbons (Fsp3) is 0.194. The van der Waals surface area contributed by atoms with Crippen molar-refractivity contribution in [1.82, 2.24) is 20.5 Å². The quantitative estimate of drug-likeness (QED) is 0.313. The number of nitrogens with one attached hydrogen (secondary N) is 3. The molecule has 5 rings (SSSR count). The van der Waals surface area contributed by atoms with Gasteiger partial charge in [0.15, 0.2) is 0 Å². The molecule has 3 aromatic carbocycles. The van der Waals surface area contributed by atoms with Gasteiger partial charge in [-0.2, -0.15) is 0 Å². The Hall–Kier alpha value is -4.69. The van der Waals surface area contributed by atoms with Gasteiger partial charge in [0.25, 0.3) is 5.91 Å². The number of benzene rings is 3. The van der Waals surface area contributed by atoms with Crippen molar-refractivity contribution in [1.29, 1.82) is 0 Å². The van der Waals surface area contributed by atoms with E-state index in [4.69, 9.17) is 4.74 Å². The molecule has 0 saturated carbocycles. The highest BCUT2D eigenvalue weighted by Crippen LogP contribution is 2.27. The molecule has 1 aliphatic rings. The molecule has 2 heterocycles. The van der Waals surface area contributed by atoms with Crippen molar-refractivity contribution in [3.63, 3.8) is 0 Å². The molecule has 4 aromatic rings. The number of carbonyl (C=O) groups is 2. The van der Waals surface area contributed by atoms with E-state index in [1.165, 1.54) is 0 Å². The molecule has 1 fully saturated rings. The number of carbonyl (C=O) groups excluding carboxylic acids is 2. The van der Waals surface area contributed by atoms with Gasteiger partial charge in [-0.25, -0.2) is 4.79 Å². The van der Waals surface area contributed by atoms with Crippen molar-refractivity contribution in [2.75, 3.05) is 31.5 Å². The van der Waals surface area contributed by atoms with E-state index in [9.17, 15) is 9.59 Å². The van der Waals surface area contributed by atoms with Gasteiger partial charge in [-0.1, -0.05) is 42.5 Å². The summed E-state index contributed by atoms with van der Waals surface area (Å²) in [7, 11) is 0. The molecule has 3 amide bonds. The van der Waals surface area contributed by atoms with Gasteiger partial charge in [0.05, 0.1) is 0 Å². The summed E-state index contributed by atoms with van der Waals surface area (Å²) in [6.45, 7) is 3.84. The van der Waals surface area contributed by atoms with Gasteiger partial charge in [-0.3, -0.25) is 9.78 Å². The Labute approximate surface area is 228 Å². The largest absolute Gasteiger partial charge is 0.489 e. The second-order valence-electron chi connectivity index (χ2n) is 9.26. The van der Waals surface area contributed by atoms with Crippen LogP contribution in [-0.2, 0) is 13.2 Å². The van der Waals surface area contributed by atoms with Gasteiger partial charge in [-0.05, 0) is 64.7 Å². The van der Waals surface area contributed by atoms with Crippen LogP contribution in [0.3, 0.4) is 0 Å². The molecule has 198 valence electrons. The first-order valence-electron chi connectivity index (χ1n) is 13.0. The summed E-state index contributed by atoms with van der Waals surface area (Å²) < 4.78 is 6.08.